The lowest BCUT2D eigenvalue weighted by molar-refractivity contribution is -0.914. The third kappa shape index (κ3) is 3.62. The van der Waals surface area contributed by atoms with Gasteiger partial charge in [0.15, 0.2) is 11.4 Å². The quantitative estimate of drug-likeness (QED) is 0.516. The van der Waals surface area contributed by atoms with Crippen molar-refractivity contribution in [3.8, 4) is 0 Å². The van der Waals surface area contributed by atoms with E-state index in [-0.39, 0.29) is 0 Å². The molecule has 1 fully saturated rings. The fourth-order valence-electron chi connectivity index (χ4n) is 4.14. The maximum atomic E-state index is 6.37. The van der Waals surface area contributed by atoms with Gasteiger partial charge in [-0.3, -0.25) is 0 Å². The second-order valence-corrected chi connectivity index (χ2v) is 8.59. The van der Waals surface area contributed by atoms with E-state index >= 15 is 0 Å². The number of aryl methyl sites for hydroxylation is 1. The minimum atomic E-state index is 0.675. The molecule has 2 aromatic heterocycles. The summed E-state index contributed by atoms with van der Waals surface area (Å²) in [6, 6.07) is 13.8. The number of anilines is 1. The number of benzene rings is 2. The second-order valence-electron chi connectivity index (χ2n) is 7.74. The Hall–Kier alpha value is -2.34. The van der Waals surface area contributed by atoms with Gasteiger partial charge in [-0.1, -0.05) is 48.3 Å². The van der Waals surface area contributed by atoms with Crippen molar-refractivity contribution < 1.29 is 9.32 Å². The highest BCUT2D eigenvalue weighted by molar-refractivity contribution is 6.35. The first-order valence-electron chi connectivity index (χ1n) is 10.3. The molecule has 0 amide bonds. The lowest BCUT2D eigenvalue weighted by atomic mass is 10.2. The van der Waals surface area contributed by atoms with Crippen LogP contribution in [0.3, 0.4) is 0 Å². The van der Waals surface area contributed by atoms with E-state index in [9.17, 15) is 0 Å². The molecule has 1 N–H and O–H groups in total. The van der Waals surface area contributed by atoms with Crippen LogP contribution in [0, 0.1) is 0 Å². The lowest BCUT2D eigenvalue weighted by Crippen LogP contribution is -3.13. The van der Waals surface area contributed by atoms with Gasteiger partial charge in [0.05, 0.1) is 31.2 Å². The van der Waals surface area contributed by atoms with Crippen molar-refractivity contribution in [2.24, 2.45) is 0 Å². The number of hydrogen-bond acceptors (Lipinski definition) is 4. The molecule has 0 bridgehead atoms. The number of aromatic nitrogens is 2. The fourth-order valence-corrected chi connectivity index (χ4v) is 4.62. The molecule has 5 rings (SSSR count). The summed E-state index contributed by atoms with van der Waals surface area (Å²) in [5.74, 6) is 1.77. The largest absolute Gasteiger partial charge is 0.450 e. The predicted molar refractivity (Wildman–Crippen MR) is 122 cm³/mol. The molecule has 30 heavy (non-hydrogen) atoms. The van der Waals surface area contributed by atoms with Crippen LogP contribution in [0.25, 0.3) is 22.1 Å². The van der Waals surface area contributed by atoms with Gasteiger partial charge in [-0.2, -0.15) is 0 Å². The van der Waals surface area contributed by atoms with E-state index in [2.05, 4.69) is 17.9 Å². The second kappa shape index (κ2) is 8.06. The number of fused-ring (bicyclic) bond motifs is 3. The molecule has 0 spiro atoms. The van der Waals surface area contributed by atoms with Crippen molar-refractivity contribution in [1.29, 1.82) is 0 Å². The van der Waals surface area contributed by atoms with Crippen molar-refractivity contribution in [3.63, 3.8) is 0 Å². The van der Waals surface area contributed by atoms with Gasteiger partial charge in [-0.15, -0.1) is 0 Å². The summed E-state index contributed by atoms with van der Waals surface area (Å²) in [7, 11) is 0. The highest BCUT2D eigenvalue weighted by atomic mass is 35.5. The molecule has 154 valence electrons. The molecule has 3 heterocycles. The highest BCUT2D eigenvalue weighted by Crippen LogP contribution is 2.33. The Bertz CT molecular complexity index is 1210. The third-order valence-electron chi connectivity index (χ3n) is 5.79. The van der Waals surface area contributed by atoms with Crippen LogP contribution in [-0.4, -0.2) is 36.1 Å². The maximum absolute atomic E-state index is 6.37. The maximum Gasteiger partial charge on any atom is 0.196 e. The van der Waals surface area contributed by atoms with Crippen molar-refractivity contribution in [2.75, 3.05) is 31.1 Å². The fraction of sp³-hybridized carbons (Fsp3) is 0.304. The normalized spacial score (nSPS) is 15.4. The molecule has 4 aromatic rings. The number of hydrogen-bond donors (Lipinski definition) is 1. The van der Waals surface area contributed by atoms with Gasteiger partial charge in [0.1, 0.15) is 23.5 Å². The van der Waals surface area contributed by atoms with Crippen LogP contribution in [0.4, 0.5) is 5.82 Å². The topological polar surface area (TPSA) is 46.6 Å². The van der Waals surface area contributed by atoms with Crippen LogP contribution in [-0.2, 0) is 13.0 Å². The van der Waals surface area contributed by atoms with Gasteiger partial charge >= 0.3 is 0 Å². The monoisotopic (exact) mass is 441 g/mol. The highest BCUT2D eigenvalue weighted by Gasteiger charge is 2.26. The van der Waals surface area contributed by atoms with Crippen molar-refractivity contribution in [3.05, 3.63) is 63.9 Å². The van der Waals surface area contributed by atoms with Crippen LogP contribution >= 0.6 is 23.2 Å². The molecule has 0 unspecified atom stereocenters. The molecule has 2 aromatic carbocycles. The van der Waals surface area contributed by atoms with E-state index in [0.29, 0.717) is 5.02 Å². The first-order valence-corrected chi connectivity index (χ1v) is 11.1. The van der Waals surface area contributed by atoms with Gasteiger partial charge in [0, 0.05) is 22.4 Å². The number of furan rings is 1. The zero-order valence-electron chi connectivity index (χ0n) is 16.8. The van der Waals surface area contributed by atoms with Gasteiger partial charge in [0.2, 0.25) is 0 Å². The Balaban J connectivity index is 1.40. The summed E-state index contributed by atoms with van der Waals surface area (Å²) in [4.78, 5) is 13.4. The van der Waals surface area contributed by atoms with E-state index in [4.69, 9.17) is 37.6 Å². The number of piperazine rings is 1. The van der Waals surface area contributed by atoms with Crippen molar-refractivity contribution in [1.82, 2.24) is 9.97 Å². The molecule has 1 aliphatic rings. The number of nitrogens with zero attached hydrogens (tertiary/aromatic N) is 3. The zero-order chi connectivity index (χ0) is 20.7. The Kier molecular flexibility index (Phi) is 5.27. The molecular formula is C23H23Cl2N4O+. The number of quaternary nitrogens is 1. The number of nitrogens with one attached hydrogen (secondary N) is 1. The van der Waals surface area contributed by atoms with Crippen LogP contribution in [0.15, 0.2) is 46.9 Å². The molecule has 0 atom stereocenters. The Morgan fingerprint density at radius 3 is 2.63 bits per heavy atom. The Labute approximate surface area is 185 Å². The molecule has 5 nitrogen and oxygen atoms in total. The summed E-state index contributed by atoms with van der Waals surface area (Å²) in [6.45, 7) is 6.82. The molecule has 1 saturated heterocycles. The first-order chi connectivity index (χ1) is 14.6. The summed E-state index contributed by atoms with van der Waals surface area (Å²) >= 11 is 12.4. The number of para-hydroxylation sites is 1. The van der Waals surface area contributed by atoms with Gasteiger partial charge in [0.25, 0.3) is 0 Å². The third-order valence-corrected chi connectivity index (χ3v) is 6.38. The molecular weight excluding hydrogens is 419 g/mol. The van der Waals surface area contributed by atoms with Gasteiger partial charge < -0.3 is 14.2 Å². The van der Waals surface area contributed by atoms with Crippen LogP contribution in [0.5, 0.6) is 0 Å². The average molecular weight is 442 g/mol. The lowest BCUT2D eigenvalue weighted by Gasteiger charge is -2.33. The average Bonchev–Trinajstić information content (AvgIpc) is 3.14. The number of rotatable bonds is 4. The SMILES string of the molecule is CCc1nc(N2CC[NH+](Cc3ccc(Cl)cc3Cl)CC2)c2oc3ccccc3c2n1. The minimum Gasteiger partial charge on any atom is -0.450 e. The molecule has 1 aliphatic heterocycles. The van der Waals surface area contributed by atoms with Crippen LogP contribution in [0.2, 0.25) is 10.0 Å². The van der Waals surface area contributed by atoms with Crippen molar-refractivity contribution in [2.45, 2.75) is 19.9 Å². The van der Waals surface area contributed by atoms with Crippen molar-refractivity contribution >= 4 is 51.1 Å². The summed E-state index contributed by atoms with van der Waals surface area (Å²) < 4.78 is 6.18. The molecule has 0 radical (unpaired) electrons. The van der Waals surface area contributed by atoms with Gasteiger partial charge in [-0.05, 0) is 24.3 Å². The first kappa shape index (κ1) is 19.6. The van der Waals surface area contributed by atoms with Crippen LogP contribution < -0.4 is 9.80 Å². The van der Waals surface area contributed by atoms with E-state index in [0.717, 1.165) is 83.4 Å². The van der Waals surface area contributed by atoms with Gasteiger partial charge in [-0.25, -0.2) is 9.97 Å². The molecule has 0 aliphatic carbocycles. The van der Waals surface area contributed by atoms with Crippen LogP contribution in [0.1, 0.15) is 18.3 Å². The summed E-state index contributed by atoms with van der Waals surface area (Å²) in [6.07, 6.45) is 0.794. The smallest absolute Gasteiger partial charge is 0.196 e. The van der Waals surface area contributed by atoms with E-state index in [1.165, 1.54) is 4.90 Å². The molecule has 0 saturated carbocycles. The predicted octanol–water partition coefficient (Wildman–Crippen LogP) is 4.15. The summed E-state index contributed by atoms with van der Waals surface area (Å²) in [5, 5.41) is 2.46. The number of halogens is 2. The molecule has 7 heteroatoms. The van der Waals surface area contributed by atoms with E-state index in [1.54, 1.807) is 0 Å². The summed E-state index contributed by atoms with van der Waals surface area (Å²) in [5.41, 5.74) is 3.70. The van der Waals surface area contributed by atoms with E-state index < -0.39 is 0 Å². The standard InChI is InChI=1S/C23H22Cl2N4O/c1-2-20-26-21-17-5-3-4-6-19(17)30-22(21)23(27-20)29-11-9-28(10-12-29)14-15-7-8-16(24)13-18(15)25/h3-8,13H,2,9-12,14H2,1H3/p+1. The minimum absolute atomic E-state index is 0.675. The Morgan fingerprint density at radius 1 is 1.07 bits per heavy atom. The van der Waals surface area contributed by atoms with E-state index in [1.807, 2.05) is 36.4 Å². The Morgan fingerprint density at radius 2 is 1.87 bits per heavy atom. The zero-order valence-corrected chi connectivity index (χ0v) is 18.3.